The SMILES string of the molecule is CC(C)(C)c1ccc(N2C[C@H](COC(=O)c3ccccc3C(=O)O)CC2=O)cc1. The van der Waals surface area contributed by atoms with Crippen molar-refractivity contribution in [1.82, 2.24) is 0 Å². The average molecular weight is 395 g/mol. The van der Waals surface area contributed by atoms with Crippen LogP contribution in [0.15, 0.2) is 48.5 Å². The van der Waals surface area contributed by atoms with Crippen molar-refractivity contribution in [2.45, 2.75) is 32.6 Å². The normalized spacial score (nSPS) is 16.7. The quantitative estimate of drug-likeness (QED) is 0.777. The minimum Gasteiger partial charge on any atom is -0.478 e. The third kappa shape index (κ3) is 4.65. The molecule has 0 aliphatic carbocycles. The van der Waals surface area contributed by atoms with E-state index in [1.165, 1.54) is 17.7 Å². The summed E-state index contributed by atoms with van der Waals surface area (Å²) < 4.78 is 5.32. The van der Waals surface area contributed by atoms with Crippen LogP contribution in [0.1, 0.15) is 53.5 Å². The molecule has 0 unspecified atom stereocenters. The lowest BCUT2D eigenvalue weighted by atomic mass is 9.87. The summed E-state index contributed by atoms with van der Waals surface area (Å²) in [5.41, 5.74) is 1.97. The number of amides is 1. The fourth-order valence-corrected chi connectivity index (χ4v) is 3.40. The van der Waals surface area contributed by atoms with Crippen LogP contribution in [0.5, 0.6) is 0 Å². The molecule has 1 heterocycles. The Morgan fingerprint density at radius 3 is 2.28 bits per heavy atom. The van der Waals surface area contributed by atoms with Crippen LogP contribution < -0.4 is 4.90 Å². The summed E-state index contributed by atoms with van der Waals surface area (Å²) in [7, 11) is 0. The van der Waals surface area contributed by atoms with E-state index in [9.17, 15) is 19.5 Å². The van der Waals surface area contributed by atoms with E-state index < -0.39 is 11.9 Å². The maximum absolute atomic E-state index is 12.4. The molecule has 1 aliphatic heterocycles. The van der Waals surface area contributed by atoms with Crippen molar-refractivity contribution in [2.24, 2.45) is 5.92 Å². The van der Waals surface area contributed by atoms with Crippen molar-refractivity contribution < 1.29 is 24.2 Å². The maximum atomic E-state index is 12.4. The van der Waals surface area contributed by atoms with Gasteiger partial charge in [-0.05, 0) is 35.2 Å². The van der Waals surface area contributed by atoms with Crippen LogP contribution in [0.2, 0.25) is 0 Å². The van der Waals surface area contributed by atoms with Crippen molar-refractivity contribution in [3.63, 3.8) is 0 Å². The molecule has 0 bridgehead atoms. The highest BCUT2D eigenvalue weighted by molar-refractivity contribution is 6.02. The number of carbonyl (C=O) groups excluding carboxylic acids is 2. The van der Waals surface area contributed by atoms with Gasteiger partial charge in [-0.25, -0.2) is 9.59 Å². The molecular formula is C23H25NO5. The van der Waals surface area contributed by atoms with Crippen molar-refractivity contribution in [1.29, 1.82) is 0 Å². The number of hydrogen-bond acceptors (Lipinski definition) is 4. The molecule has 1 N–H and O–H groups in total. The third-order valence-electron chi connectivity index (χ3n) is 5.08. The number of carboxylic acids is 1. The molecule has 1 fully saturated rings. The van der Waals surface area contributed by atoms with Gasteiger partial charge in [0.1, 0.15) is 0 Å². The summed E-state index contributed by atoms with van der Waals surface area (Å²) in [5.74, 6) is -2.02. The summed E-state index contributed by atoms with van der Waals surface area (Å²) in [5, 5.41) is 9.20. The van der Waals surface area contributed by atoms with E-state index in [1.54, 1.807) is 17.0 Å². The van der Waals surface area contributed by atoms with E-state index in [2.05, 4.69) is 20.8 Å². The summed E-state index contributed by atoms with van der Waals surface area (Å²) in [6.07, 6.45) is 0.287. The molecule has 1 atom stereocenters. The summed E-state index contributed by atoms with van der Waals surface area (Å²) in [4.78, 5) is 37.7. The van der Waals surface area contributed by atoms with Crippen LogP contribution in [0, 0.1) is 5.92 Å². The highest BCUT2D eigenvalue weighted by atomic mass is 16.5. The van der Waals surface area contributed by atoms with Gasteiger partial charge in [-0.15, -0.1) is 0 Å². The number of esters is 1. The molecule has 0 radical (unpaired) electrons. The smallest absolute Gasteiger partial charge is 0.339 e. The second-order valence-electron chi connectivity index (χ2n) is 8.32. The van der Waals surface area contributed by atoms with Gasteiger partial charge in [0.2, 0.25) is 5.91 Å². The van der Waals surface area contributed by atoms with Crippen LogP contribution in [0.4, 0.5) is 5.69 Å². The maximum Gasteiger partial charge on any atom is 0.339 e. The van der Waals surface area contributed by atoms with E-state index in [-0.39, 0.29) is 41.4 Å². The second-order valence-corrected chi connectivity index (χ2v) is 8.32. The molecule has 0 saturated carbocycles. The fourth-order valence-electron chi connectivity index (χ4n) is 3.40. The minimum atomic E-state index is -1.18. The molecule has 1 aliphatic rings. The lowest BCUT2D eigenvalue weighted by molar-refractivity contribution is -0.117. The highest BCUT2D eigenvalue weighted by Crippen LogP contribution is 2.29. The lowest BCUT2D eigenvalue weighted by Crippen LogP contribution is -2.25. The average Bonchev–Trinajstić information content (AvgIpc) is 3.06. The van der Waals surface area contributed by atoms with Gasteiger partial charge in [0.15, 0.2) is 0 Å². The summed E-state index contributed by atoms with van der Waals surface area (Å²) in [6, 6.07) is 13.9. The number of carbonyl (C=O) groups is 3. The van der Waals surface area contributed by atoms with Gasteiger partial charge >= 0.3 is 11.9 Å². The zero-order chi connectivity index (χ0) is 21.2. The van der Waals surface area contributed by atoms with Gasteiger partial charge in [-0.2, -0.15) is 0 Å². The van der Waals surface area contributed by atoms with E-state index in [4.69, 9.17) is 4.74 Å². The van der Waals surface area contributed by atoms with Gasteiger partial charge in [-0.3, -0.25) is 4.79 Å². The van der Waals surface area contributed by atoms with Gasteiger partial charge in [0.25, 0.3) is 0 Å². The van der Waals surface area contributed by atoms with Crippen LogP contribution in [-0.4, -0.2) is 36.1 Å². The van der Waals surface area contributed by atoms with E-state index in [0.29, 0.717) is 6.54 Å². The monoisotopic (exact) mass is 395 g/mol. The molecule has 2 aromatic rings. The van der Waals surface area contributed by atoms with E-state index in [0.717, 1.165) is 5.69 Å². The number of nitrogens with zero attached hydrogens (tertiary/aromatic N) is 1. The van der Waals surface area contributed by atoms with Crippen LogP contribution in [0.3, 0.4) is 0 Å². The molecule has 152 valence electrons. The molecule has 3 rings (SSSR count). The second kappa shape index (κ2) is 8.07. The Balaban J connectivity index is 1.63. The molecule has 6 nitrogen and oxygen atoms in total. The number of rotatable bonds is 5. The third-order valence-corrected chi connectivity index (χ3v) is 5.08. The Bertz CT molecular complexity index is 927. The number of ether oxygens (including phenoxy) is 1. The minimum absolute atomic E-state index is 0.0129. The lowest BCUT2D eigenvalue weighted by Gasteiger charge is -2.21. The predicted molar refractivity (Wildman–Crippen MR) is 109 cm³/mol. The number of hydrogen-bond donors (Lipinski definition) is 1. The first-order valence-corrected chi connectivity index (χ1v) is 9.57. The van der Waals surface area contributed by atoms with Crippen LogP contribution >= 0.6 is 0 Å². The van der Waals surface area contributed by atoms with Crippen LogP contribution in [0.25, 0.3) is 0 Å². The van der Waals surface area contributed by atoms with E-state index in [1.807, 2.05) is 24.3 Å². The standard InChI is InChI=1S/C23H25NO5/c1-23(2,3)16-8-10-17(11-9-16)24-13-15(12-20(24)25)14-29-22(28)19-7-5-4-6-18(19)21(26)27/h4-11,15H,12-14H2,1-3H3,(H,26,27)/t15-/m1/s1. The molecular weight excluding hydrogens is 370 g/mol. The van der Waals surface area contributed by atoms with Crippen LogP contribution in [-0.2, 0) is 14.9 Å². The zero-order valence-electron chi connectivity index (χ0n) is 16.8. The summed E-state index contributed by atoms with van der Waals surface area (Å²) in [6.45, 7) is 6.93. The summed E-state index contributed by atoms with van der Waals surface area (Å²) >= 11 is 0. The molecule has 6 heteroatoms. The number of anilines is 1. The Labute approximate surface area is 170 Å². The topological polar surface area (TPSA) is 83.9 Å². The van der Waals surface area contributed by atoms with E-state index >= 15 is 0 Å². The predicted octanol–water partition coefficient (Wildman–Crippen LogP) is 3.89. The Kier molecular flexibility index (Phi) is 5.73. The van der Waals surface area contributed by atoms with Gasteiger partial charge in [0.05, 0.1) is 17.7 Å². The molecule has 1 amide bonds. The van der Waals surface area contributed by atoms with Gasteiger partial charge in [0, 0.05) is 24.6 Å². The Hall–Kier alpha value is -3.15. The first-order valence-electron chi connectivity index (χ1n) is 9.57. The molecule has 1 saturated heterocycles. The first kappa shape index (κ1) is 20.6. The zero-order valence-corrected chi connectivity index (χ0v) is 16.8. The largest absolute Gasteiger partial charge is 0.478 e. The number of carboxylic acid groups (broad SMARTS) is 1. The number of benzene rings is 2. The van der Waals surface area contributed by atoms with Crippen molar-refractivity contribution in [3.8, 4) is 0 Å². The molecule has 0 aromatic heterocycles. The van der Waals surface area contributed by atoms with Crippen molar-refractivity contribution >= 4 is 23.5 Å². The molecule has 29 heavy (non-hydrogen) atoms. The highest BCUT2D eigenvalue weighted by Gasteiger charge is 2.32. The van der Waals surface area contributed by atoms with Crippen molar-refractivity contribution in [2.75, 3.05) is 18.1 Å². The van der Waals surface area contributed by atoms with Crippen molar-refractivity contribution in [3.05, 3.63) is 65.2 Å². The Morgan fingerprint density at radius 2 is 1.69 bits per heavy atom. The fraction of sp³-hybridized carbons (Fsp3) is 0.348. The molecule has 0 spiro atoms. The first-order chi connectivity index (χ1) is 13.7. The van der Waals surface area contributed by atoms with Gasteiger partial charge < -0.3 is 14.7 Å². The Morgan fingerprint density at radius 1 is 1.07 bits per heavy atom. The number of aromatic carboxylic acids is 1. The van der Waals surface area contributed by atoms with Gasteiger partial charge in [-0.1, -0.05) is 45.0 Å². The molecule has 2 aromatic carbocycles.